The van der Waals surface area contributed by atoms with E-state index in [-0.39, 0.29) is 10.6 Å². The molecule has 0 spiro atoms. The number of likely N-dealkylation sites (tertiary alicyclic amines) is 1. The summed E-state index contributed by atoms with van der Waals surface area (Å²) < 4.78 is 0. The number of nitrogens with zero attached hydrogens (tertiary/aromatic N) is 2. The molecule has 1 aliphatic heterocycles. The van der Waals surface area contributed by atoms with Crippen LogP contribution in [0.5, 0.6) is 0 Å². The highest BCUT2D eigenvalue weighted by molar-refractivity contribution is 6.33. The molecule has 2 rings (SSSR count). The Kier molecular flexibility index (Phi) is 8.28. The molecule has 1 unspecified atom stereocenters. The summed E-state index contributed by atoms with van der Waals surface area (Å²) >= 11 is 6.01. The van der Waals surface area contributed by atoms with Crippen LogP contribution in [0.2, 0.25) is 5.02 Å². The van der Waals surface area contributed by atoms with Gasteiger partial charge in [-0.05, 0) is 36.5 Å². The van der Waals surface area contributed by atoms with Gasteiger partial charge in [0, 0.05) is 12.1 Å². The van der Waals surface area contributed by atoms with Crippen LogP contribution < -0.4 is 16.4 Å². The summed E-state index contributed by atoms with van der Waals surface area (Å²) in [6.45, 7) is 5.66. The molecule has 1 heterocycles. The minimum Gasteiger partial charge on any atom is -0.481 e. The average Bonchev–Trinajstić information content (AvgIpc) is 3.21. The molecule has 11 heteroatoms. The van der Waals surface area contributed by atoms with Crippen LogP contribution in [0.15, 0.2) is 18.2 Å². The van der Waals surface area contributed by atoms with E-state index in [1.807, 2.05) is 0 Å². The molecule has 0 saturated carbocycles. The number of benzene rings is 1. The number of nitriles is 1. The molecular weight excluding hydrogens is 450 g/mol. The molecule has 0 aromatic heterocycles. The maximum atomic E-state index is 13.5. The first-order valence-corrected chi connectivity index (χ1v) is 10.8. The highest BCUT2D eigenvalue weighted by Crippen LogP contribution is 2.27. The van der Waals surface area contributed by atoms with Crippen LogP contribution in [-0.2, 0) is 14.4 Å². The number of rotatable bonds is 7. The zero-order chi connectivity index (χ0) is 24.9. The van der Waals surface area contributed by atoms with Crippen LogP contribution in [0.1, 0.15) is 50.4 Å². The van der Waals surface area contributed by atoms with Gasteiger partial charge >= 0.3 is 5.97 Å². The number of aliphatic carboxylic acids is 1. The van der Waals surface area contributed by atoms with Crippen molar-refractivity contribution in [2.45, 2.75) is 58.2 Å². The van der Waals surface area contributed by atoms with E-state index in [2.05, 4.69) is 10.6 Å². The number of anilines is 1. The van der Waals surface area contributed by atoms with Crippen LogP contribution in [0.25, 0.3) is 0 Å². The number of carboxylic acids is 1. The van der Waals surface area contributed by atoms with Gasteiger partial charge in [-0.1, -0.05) is 32.4 Å². The Morgan fingerprint density at radius 1 is 1.30 bits per heavy atom. The number of carboxylic acid groups (broad SMARTS) is 1. The maximum absolute atomic E-state index is 13.5. The van der Waals surface area contributed by atoms with Crippen LogP contribution in [-0.4, -0.2) is 58.4 Å². The van der Waals surface area contributed by atoms with Crippen molar-refractivity contribution >= 4 is 41.0 Å². The molecule has 5 N–H and O–H groups in total. The van der Waals surface area contributed by atoms with Gasteiger partial charge in [0.05, 0.1) is 23.2 Å². The third kappa shape index (κ3) is 6.58. The lowest BCUT2D eigenvalue weighted by Gasteiger charge is -2.35. The van der Waals surface area contributed by atoms with E-state index < -0.39 is 53.7 Å². The van der Waals surface area contributed by atoms with Crippen molar-refractivity contribution < 1.29 is 24.3 Å². The lowest BCUT2D eigenvalue weighted by molar-refractivity contribution is -0.142. The predicted molar refractivity (Wildman–Crippen MR) is 121 cm³/mol. The summed E-state index contributed by atoms with van der Waals surface area (Å²) in [6.07, 6.45) is 0.368. The van der Waals surface area contributed by atoms with Gasteiger partial charge in [-0.15, -0.1) is 0 Å². The SMILES string of the molecule is CC(C)(C)[C@H](NC(=O)c1ccc(N)c(Cl)c1)C(=O)N1CCC[C@H]1C(=O)NC(C#N)CC(=O)O. The van der Waals surface area contributed by atoms with Crippen molar-refractivity contribution in [1.29, 1.82) is 5.26 Å². The molecule has 1 fully saturated rings. The monoisotopic (exact) mass is 477 g/mol. The fourth-order valence-electron chi connectivity index (χ4n) is 3.57. The Balaban J connectivity index is 2.21. The van der Waals surface area contributed by atoms with E-state index in [0.29, 0.717) is 25.1 Å². The molecule has 178 valence electrons. The van der Waals surface area contributed by atoms with Crippen molar-refractivity contribution in [3.05, 3.63) is 28.8 Å². The number of carbonyl (C=O) groups is 4. The highest BCUT2D eigenvalue weighted by Gasteiger charge is 2.42. The number of hydrogen-bond acceptors (Lipinski definition) is 6. The number of nitrogens with one attached hydrogen (secondary N) is 2. The molecular formula is C22H28ClN5O5. The first kappa shape index (κ1) is 25.9. The number of carbonyl (C=O) groups excluding carboxylic acids is 3. The van der Waals surface area contributed by atoms with Gasteiger partial charge in [0.25, 0.3) is 5.91 Å². The molecule has 1 aromatic rings. The molecule has 1 aliphatic rings. The first-order valence-electron chi connectivity index (χ1n) is 10.4. The summed E-state index contributed by atoms with van der Waals surface area (Å²) in [5.74, 6) is -2.78. The fourth-order valence-corrected chi connectivity index (χ4v) is 3.75. The van der Waals surface area contributed by atoms with Crippen molar-refractivity contribution in [2.75, 3.05) is 12.3 Å². The number of amides is 3. The van der Waals surface area contributed by atoms with Gasteiger partial charge in [0.1, 0.15) is 18.1 Å². The van der Waals surface area contributed by atoms with Crippen LogP contribution in [0.4, 0.5) is 5.69 Å². The van der Waals surface area contributed by atoms with E-state index >= 15 is 0 Å². The molecule has 1 aromatic carbocycles. The Morgan fingerprint density at radius 2 is 1.97 bits per heavy atom. The van der Waals surface area contributed by atoms with E-state index in [1.54, 1.807) is 26.8 Å². The largest absolute Gasteiger partial charge is 0.481 e. The quantitative estimate of drug-likeness (QED) is 0.432. The molecule has 10 nitrogen and oxygen atoms in total. The van der Waals surface area contributed by atoms with Gasteiger partial charge in [0.15, 0.2) is 0 Å². The second-order valence-electron chi connectivity index (χ2n) is 8.99. The standard InChI is InChI=1S/C22H28ClN5O5/c1-22(2,3)18(27-19(31)12-6-7-15(25)14(23)9-12)21(33)28-8-4-5-16(28)20(32)26-13(11-24)10-17(29)30/h6-7,9,13,16,18H,4-5,8,10,25H2,1-3H3,(H,26,32)(H,27,31)(H,29,30)/t13?,16-,18+/m0/s1. The molecule has 0 bridgehead atoms. The Bertz CT molecular complexity index is 984. The van der Waals surface area contributed by atoms with E-state index in [9.17, 15) is 19.2 Å². The third-order valence-corrected chi connectivity index (χ3v) is 5.67. The average molecular weight is 478 g/mol. The summed E-state index contributed by atoms with van der Waals surface area (Å²) in [6, 6.07) is 3.11. The minimum absolute atomic E-state index is 0.214. The number of nitrogens with two attached hydrogens (primary N) is 1. The summed E-state index contributed by atoms with van der Waals surface area (Å²) in [7, 11) is 0. The van der Waals surface area contributed by atoms with Crippen LogP contribution in [0, 0.1) is 16.7 Å². The molecule has 1 saturated heterocycles. The van der Waals surface area contributed by atoms with Gasteiger partial charge in [-0.3, -0.25) is 19.2 Å². The van der Waals surface area contributed by atoms with Gasteiger partial charge in [0.2, 0.25) is 11.8 Å². The second kappa shape index (κ2) is 10.5. The second-order valence-corrected chi connectivity index (χ2v) is 9.39. The maximum Gasteiger partial charge on any atom is 0.306 e. The molecule has 0 aliphatic carbocycles. The van der Waals surface area contributed by atoms with Crippen molar-refractivity contribution in [3.8, 4) is 6.07 Å². The van der Waals surface area contributed by atoms with Gasteiger partial charge < -0.3 is 26.4 Å². The fraction of sp³-hybridized carbons (Fsp3) is 0.500. The molecule has 3 amide bonds. The number of halogens is 1. The smallest absolute Gasteiger partial charge is 0.306 e. The lowest BCUT2D eigenvalue weighted by Crippen LogP contribution is -2.58. The minimum atomic E-state index is -1.22. The van der Waals surface area contributed by atoms with Gasteiger partial charge in [-0.2, -0.15) is 5.26 Å². The zero-order valence-corrected chi connectivity index (χ0v) is 19.5. The van der Waals surface area contributed by atoms with Gasteiger partial charge in [-0.25, -0.2) is 0 Å². The lowest BCUT2D eigenvalue weighted by atomic mass is 9.85. The summed E-state index contributed by atoms with van der Waals surface area (Å²) in [5.41, 5.74) is 5.56. The van der Waals surface area contributed by atoms with Crippen LogP contribution >= 0.6 is 11.6 Å². The van der Waals surface area contributed by atoms with E-state index in [1.165, 1.54) is 23.1 Å². The number of nitrogen functional groups attached to an aromatic ring is 1. The third-order valence-electron chi connectivity index (χ3n) is 5.34. The van der Waals surface area contributed by atoms with E-state index in [0.717, 1.165) is 0 Å². The predicted octanol–water partition coefficient (Wildman–Crippen LogP) is 1.54. The topological polar surface area (TPSA) is 166 Å². The molecule has 33 heavy (non-hydrogen) atoms. The number of hydrogen-bond donors (Lipinski definition) is 4. The first-order chi connectivity index (χ1) is 15.3. The highest BCUT2D eigenvalue weighted by atomic mass is 35.5. The molecule has 3 atom stereocenters. The Hall–Kier alpha value is -3.32. The summed E-state index contributed by atoms with van der Waals surface area (Å²) in [5, 5.41) is 23.3. The zero-order valence-electron chi connectivity index (χ0n) is 18.7. The normalized spacial score (nSPS) is 17.5. The molecule has 0 radical (unpaired) electrons. The Morgan fingerprint density at radius 3 is 2.52 bits per heavy atom. The summed E-state index contributed by atoms with van der Waals surface area (Å²) in [4.78, 5) is 51.3. The van der Waals surface area contributed by atoms with Crippen molar-refractivity contribution in [3.63, 3.8) is 0 Å². The van der Waals surface area contributed by atoms with Crippen LogP contribution in [0.3, 0.4) is 0 Å². The van der Waals surface area contributed by atoms with Crippen molar-refractivity contribution in [2.24, 2.45) is 5.41 Å². The van der Waals surface area contributed by atoms with E-state index in [4.69, 9.17) is 27.7 Å². The van der Waals surface area contributed by atoms with Crippen molar-refractivity contribution in [1.82, 2.24) is 15.5 Å². The Labute approximate surface area is 197 Å².